The Labute approximate surface area is 150 Å². The Hall–Kier alpha value is -0.840. The highest BCUT2D eigenvalue weighted by atomic mass is 35.5. The van der Waals surface area contributed by atoms with Crippen LogP contribution in [-0.2, 0) is 11.3 Å². The number of carbonyl (C=O) groups is 1. The Bertz CT molecular complexity index is 470. The first-order chi connectivity index (χ1) is 10.1. The second kappa shape index (κ2) is 10.8. The first kappa shape index (κ1) is 22.2. The molecule has 0 aromatic heterocycles. The van der Waals surface area contributed by atoms with Crippen molar-refractivity contribution in [1.29, 1.82) is 0 Å². The van der Waals surface area contributed by atoms with Crippen molar-refractivity contribution >= 4 is 30.8 Å². The molecule has 1 aliphatic heterocycles. The maximum atomic E-state index is 12.9. The van der Waals surface area contributed by atoms with Crippen LogP contribution in [0.3, 0.4) is 0 Å². The van der Waals surface area contributed by atoms with Gasteiger partial charge in [0.15, 0.2) is 0 Å². The van der Waals surface area contributed by atoms with Crippen LogP contribution in [0.4, 0.5) is 4.39 Å². The van der Waals surface area contributed by atoms with Gasteiger partial charge in [-0.05, 0) is 43.0 Å². The van der Waals surface area contributed by atoms with Gasteiger partial charge in [0.2, 0.25) is 0 Å². The first-order valence-corrected chi connectivity index (χ1v) is 7.79. The van der Waals surface area contributed by atoms with E-state index in [1.54, 1.807) is 12.1 Å². The number of hydrogen-bond acceptors (Lipinski definition) is 2. The Morgan fingerprint density at radius 2 is 2.00 bits per heavy atom. The fourth-order valence-corrected chi connectivity index (χ4v) is 3.17. The molecule has 2 atom stereocenters. The van der Waals surface area contributed by atoms with E-state index in [9.17, 15) is 14.3 Å². The number of hydrogen-bond donors (Lipinski definition) is 1. The average Bonchev–Trinajstić information content (AvgIpc) is 2.90. The third-order valence-electron chi connectivity index (χ3n) is 4.38. The predicted octanol–water partition coefficient (Wildman–Crippen LogP) is 4.38. The molecule has 0 bridgehead atoms. The van der Waals surface area contributed by atoms with E-state index < -0.39 is 5.97 Å². The fourth-order valence-electron chi connectivity index (χ4n) is 3.17. The zero-order valence-corrected chi connectivity index (χ0v) is 15.0. The van der Waals surface area contributed by atoms with Gasteiger partial charge in [0.05, 0.1) is 5.92 Å². The van der Waals surface area contributed by atoms with Crippen LogP contribution in [-0.4, -0.2) is 29.1 Å². The highest BCUT2D eigenvalue weighted by Gasteiger charge is 2.33. The van der Waals surface area contributed by atoms with Gasteiger partial charge < -0.3 is 5.11 Å². The van der Waals surface area contributed by atoms with Crippen LogP contribution in [0.2, 0.25) is 0 Å². The van der Waals surface area contributed by atoms with E-state index in [1.807, 2.05) is 0 Å². The molecule has 1 saturated heterocycles. The van der Waals surface area contributed by atoms with Gasteiger partial charge in [-0.3, -0.25) is 9.69 Å². The van der Waals surface area contributed by atoms with Crippen LogP contribution in [0, 0.1) is 17.7 Å². The van der Waals surface area contributed by atoms with E-state index in [4.69, 9.17) is 0 Å². The summed E-state index contributed by atoms with van der Waals surface area (Å²) in [5, 5.41) is 9.41. The van der Waals surface area contributed by atoms with Crippen molar-refractivity contribution in [2.45, 2.75) is 39.2 Å². The van der Waals surface area contributed by atoms with Crippen molar-refractivity contribution in [2.75, 3.05) is 13.1 Å². The molecular formula is C17H26Cl2FNO2. The Balaban J connectivity index is 0.00000242. The second-order valence-corrected chi connectivity index (χ2v) is 6.00. The van der Waals surface area contributed by atoms with Crippen LogP contribution in [0.1, 0.15) is 38.2 Å². The van der Waals surface area contributed by atoms with Crippen molar-refractivity contribution in [2.24, 2.45) is 11.8 Å². The smallest absolute Gasteiger partial charge is 0.306 e. The Morgan fingerprint density at radius 1 is 1.35 bits per heavy atom. The molecule has 1 N–H and O–H groups in total. The highest BCUT2D eigenvalue weighted by Crippen LogP contribution is 2.29. The van der Waals surface area contributed by atoms with Gasteiger partial charge in [0, 0.05) is 13.1 Å². The van der Waals surface area contributed by atoms with E-state index in [0.717, 1.165) is 50.9 Å². The zero-order valence-electron chi connectivity index (χ0n) is 13.4. The molecule has 0 saturated carbocycles. The summed E-state index contributed by atoms with van der Waals surface area (Å²) in [6, 6.07) is 6.55. The lowest BCUT2D eigenvalue weighted by atomic mass is 9.87. The zero-order chi connectivity index (χ0) is 15.2. The number of benzene rings is 1. The monoisotopic (exact) mass is 365 g/mol. The van der Waals surface area contributed by atoms with Crippen molar-refractivity contribution in [3.63, 3.8) is 0 Å². The van der Waals surface area contributed by atoms with Gasteiger partial charge in [-0.15, -0.1) is 24.8 Å². The summed E-state index contributed by atoms with van der Waals surface area (Å²) < 4.78 is 12.9. The number of unbranched alkanes of at least 4 members (excludes halogenated alkanes) is 1. The number of carboxylic acids is 1. The summed E-state index contributed by atoms with van der Waals surface area (Å²) in [5.41, 5.74) is 1.08. The standard InChI is InChI=1S/C17H24FNO2.2ClH/c1-2-3-4-16(17(20)21)14-9-10-19(12-14)11-13-5-7-15(18)8-6-13;;/h5-8,14,16H,2-4,9-12H2,1H3,(H,20,21);2*1H/t14-,16?;;/m1../s1. The van der Waals surface area contributed by atoms with Crippen molar-refractivity contribution < 1.29 is 14.3 Å². The average molecular weight is 366 g/mol. The first-order valence-electron chi connectivity index (χ1n) is 7.79. The number of nitrogens with zero attached hydrogens (tertiary/aromatic N) is 1. The van der Waals surface area contributed by atoms with Gasteiger partial charge in [0.25, 0.3) is 0 Å². The van der Waals surface area contributed by atoms with Crippen LogP contribution in [0.25, 0.3) is 0 Å². The third-order valence-corrected chi connectivity index (χ3v) is 4.38. The Kier molecular flexibility index (Phi) is 10.4. The fraction of sp³-hybridized carbons (Fsp3) is 0.588. The summed E-state index contributed by atoms with van der Waals surface area (Å²) >= 11 is 0. The largest absolute Gasteiger partial charge is 0.481 e. The lowest BCUT2D eigenvalue weighted by Gasteiger charge is -2.20. The quantitative estimate of drug-likeness (QED) is 0.779. The van der Waals surface area contributed by atoms with Crippen molar-refractivity contribution in [1.82, 2.24) is 4.90 Å². The number of halogens is 3. The van der Waals surface area contributed by atoms with Gasteiger partial charge in [0.1, 0.15) is 5.82 Å². The van der Waals surface area contributed by atoms with Crippen molar-refractivity contribution in [3.05, 3.63) is 35.6 Å². The molecule has 3 nitrogen and oxygen atoms in total. The Morgan fingerprint density at radius 3 is 2.57 bits per heavy atom. The SMILES string of the molecule is CCCCC(C(=O)O)[C@@H]1CCN(Cc2ccc(F)cc2)C1.Cl.Cl. The van der Waals surface area contributed by atoms with Crippen LogP contribution < -0.4 is 0 Å². The minimum atomic E-state index is -0.655. The number of rotatable bonds is 7. The summed E-state index contributed by atoms with van der Waals surface area (Å²) in [7, 11) is 0. The minimum Gasteiger partial charge on any atom is -0.481 e. The number of likely N-dealkylation sites (tertiary alicyclic amines) is 1. The van der Waals surface area contributed by atoms with E-state index in [2.05, 4.69) is 11.8 Å². The molecule has 2 rings (SSSR count). The lowest BCUT2D eigenvalue weighted by Crippen LogP contribution is -2.27. The number of aliphatic carboxylic acids is 1. The van der Waals surface area contributed by atoms with Crippen LogP contribution >= 0.6 is 24.8 Å². The van der Waals surface area contributed by atoms with Crippen LogP contribution in [0.5, 0.6) is 0 Å². The molecule has 1 heterocycles. The molecule has 1 unspecified atom stereocenters. The topological polar surface area (TPSA) is 40.5 Å². The van der Waals surface area contributed by atoms with Gasteiger partial charge in [-0.2, -0.15) is 0 Å². The van der Waals surface area contributed by atoms with Crippen molar-refractivity contribution in [3.8, 4) is 0 Å². The molecule has 132 valence electrons. The summed E-state index contributed by atoms with van der Waals surface area (Å²) in [6.45, 7) is 4.63. The molecular weight excluding hydrogens is 340 g/mol. The molecule has 1 aliphatic rings. The number of carboxylic acid groups (broad SMARTS) is 1. The molecule has 0 aliphatic carbocycles. The third kappa shape index (κ3) is 6.66. The van der Waals surface area contributed by atoms with E-state index in [1.165, 1.54) is 12.1 Å². The molecule has 0 spiro atoms. The minimum absolute atomic E-state index is 0. The molecule has 23 heavy (non-hydrogen) atoms. The lowest BCUT2D eigenvalue weighted by molar-refractivity contribution is -0.143. The van der Waals surface area contributed by atoms with E-state index >= 15 is 0 Å². The molecule has 1 fully saturated rings. The maximum Gasteiger partial charge on any atom is 0.306 e. The van der Waals surface area contributed by atoms with E-state index in [0.29, 0.717) is 0 Å². The van der Waals surface area contributed by atoms with Gasteiger partial charge in [-0.25, -0.2) is 4.39 Å². The normalized spacial score (nSPS) is 18.8. The predicted molar refractivity (Wildman–Crippen MR) is 94.9 cm³/mol. The summed E-state index contributed by atoms with van der Waals surface area (Å²) in [5.74, 6) is -0.849. The van der Waals surface area contributed by atoms with Gasteiger partial charge >= 0.3 is 5.97 Å². The van der Waals surface area contributed by atoms with E-state index in [-0.39, 0.29) is 42.5 Å². The maximum absolute atomic E-state index is 12.9. The second-order valence-electron chi connectivity index (χ2n) is 6.00. The van der Waals surface area contributed by atoms with Gasteiger partial charge in [-0.1, -0.05) is 31.9 Å². The summed E-state index contributed by atoms with van der Waals surface area (Å²) in [4.78, 5) is 13.7. The molecule has 6 heteroatoms. The molecule has 0 radical (unpaired) electrons. The molecule has 0 amide bonds. The van der Waals surface area contributed by atoms with Crippen LogP contribution in [0.15, 0.2) is 24.3 Å². The summed E-state index contributed by atoms with van der Waals surface area (Å²) in [6.07, 6.45) is 3.74. The highest BCUT2D eigenvalue weighted by molar-refractivity contribution is 5.85. The molecule has 1 aromatic carbocycles. The molecule has 1 aromatic rings.